The molecule has 0 fully saturated rings. The van der Waals surface area contributed by atoms with Crippen LogP contribution in [0.4, 0.5) is 0 Å². The van der Waals surface area contributed by atoms with Crippen LogP contribution in [0.1, 0.15) is 6.42 Å². The Kier molecular flexibility index (Phi) is 3.57. The van der Waals surface area contributed by atoms with E-state index in [-0.39, 0.29) is 11.3 Å². The van der Waals surface area contributed by atoms with Crippen molar-refractivity contribution in [3.05, 3.63) is 22.0 Å². The maximum Gasteiger partial charge on any atom is 0.164 e. The molecule has 0 spiro atoms. The summed E-state index contributed by atoms with van der Waals surface area (Å²) in [6, 6.07) is 0. The highest BCUT2D eigenvalue weighted by Crippen LogP contribution is 2.22. The van der Waals surface area contributed by atoms with Crippen molar-refractivity contribution in [2.24, 2.45) is 0 Å². The number of allylic oxidation sites excluding steroid dienone is 2. The minimum Gasteiger partial charge on any atom is -0.231 e. The van der Waals surface area contributed by atoms with Gasteiger partial charge in [0.15, 0.2) is 10.7 Å². The predicted octanol–water partition coefficient (Wildman–Crippen LogP) is -0.321. The van der Waals surface area contributed by atoms with E-state index >= 15 is 0 Å². The SMILES string of the molecule is O=[SH](=O)C1=CC(S)=CC([SH](=O)=O)C1. The van der Waals surface area contributed by atoms with E-state index in [4.69, 9.17) is 0 Å². The van der Waals surface area contributed by atoms with Gasteiger partial charge in [0, 0.05) is 16.2 Å². The molecule has 13 heavy (non-hydrogen) atoms. The summed E-state index contributed by atoms with van der Waals surface area (Å²) in [5, 5.41) is -0.740. The molecule has 0 saturated heterocycles. The normalized spacial score (nSPS) is 23.2. The lowest BCUT2D eigenvalue weighted by Gasteiger charge is -2.10. The summed E-state index contributed by atoms with van der Waals surface area (Å²) in [4.78, 5) is 0.497. The summed E-state index contributed by atoms with van der Waals surface area (Å²) in [5.74, 6) is 0. The van der Waals surface area contributed by atoms with Crippen LogP contribution in [-0.4, -0.2) is 22.1 Å². The molecule has 0 heterocycles. The Morgan fingerprint density at radius 2 is 1.92 bits per heavy atom. The van der Waals surface area contributed by atoms with Crippen LogP contribution in [0.5, 0.6) is 0 Å². The minimum absolute atomic E-state index is 0.0292. The minimum atomic E-state index is -2.69. The summed E-state index contributed by atoms with van der Waals surface area (Å²) in [6.45, 7) is 0. The van der Waals surface area contributed by atoms with Crippen LogP contribution < -0.4 is 0 Å². The topological polar surface area (TPSA) is 68.3 Å². The Hall–Kier alpha value is -0.270. The highest BCUT2D eigenvalue weighted by atomic mass is 32.2. The van der Waals surface area contributed by atoms with E-state index in [2.05, 4.69) is 12.6 Å². The molecular weight excluding hydrogens is 232 g/mol. The second kappa shape index (κ2) is 4.30. The molecule has 4 nitrogen and oxygen atoms in total. The van der Waals surface area contributed by atoms with Gasteiger partial charge in [0.2, 0.25) is 0 Å². The van der Waals surface area contributed by atoms with Crippen molar-refractivity contribution in [2.75, 3.05) is 0 Å². The lowest BCUT2D eigenvalue weighted by Crippen LogP contribution is -2.11. The highest BCUT2D eigenvalue weighted by Gasteiger charge is 2.17. The molecule has 0 radical (unpaired) electrons. The van der Waals surface area contributed by atoms with Crippen LogP contribution in [0.3, 0.4) is 0 Å². The first kappa shape index (κ1) is 10.8. The molecule has 0 amide bonds. The quantitative estimate of drug-likeness (QED) is 0.579. The van der Waals surface area contributed by atoms with Crippen molar-refractivity contribution in [2.45, 2.75) is 11.7 Å². The molecular formula is C6H8O4S3. The molecule has 1 unspecified atom stereocenters. The molecule has 1 rings (SSSR count). The maximum absolute atomic E-state index is 10.6. The lowest BCUT2D eigenvalue weighted by atomic mass is 10.2. The Morgan fingerprint density at radius 1 is 1.31 bits per heavy atom. The van der Waals surface area contributed by atoms with Gasteiger partial charge in [0.25, 0.3) is 0 Å². The first-order chi connectivity index (χ1) is 6.00. The van der Waals surface area contributed by atoms with E-state index in [0.29, 0.717) is 4.91 Å². The smallest absolute Gasteiger partial charge is 0.164 e. The van der Waals surface area contributed by atoms with E-state index in [1.807, 2.05) is 0 Å². The van der Waals surface area contributed by atoms with E-state index in [0.717, 1.165) is 0 Å². The molecule has 0 N–H and O–H groups in total. The van der Waals surface area contributed by atoms with Gasteiger partial charge < -0.3 is 0 Å². The van der Waals surface area contributed by atoms with Crippen LogP contribution in [0.25, 0.3) is 0 Å². The molecule has 0 saturated carbocycles. The maximum atomic E-state index is 10.6. The lowest BCUT2D eigenvalue weighted by molar-refractivity contribution is 0.605. The van der Waals surface area contributed by atoms with Crippen LogP contribution in [0.15, 0.2) is 22.0 Å². The zero-order chi connectivity index (χ0) is 10.0. The summed E-state index contributed by atoms with van der Waals surface area (Å²) in [5.41, 5.74) is 0. The second-order valence-corrected chi connectivity index (χ2v) is 5.38. The van der Waals surface area contributed by atoms with Gasteiger partial charge in [-0.25, -0.2) is 16.8 Å². The molecule has 0 aliphatic heterocycles. The van der Waals surface area contributed by atoms with Gasteiger partial charge in [-0.05, 0) is 6.08 Å². The third kappa shape index (κ3) is 2.85. The van der Waals surface area contributed by atoms with Gasteiger partial charge in [-0.1, -0.05) is 6.08 Å². The van der Waals surface area contributed by atoms with Crippen LogP contribution >= 0.6 is 12.6 Å². The van der Waals surface area contributed by atoms with Gasteiger partial charge >= 0.3 is 0 Å². The van der Waals surface area contributed by atoms with Gasteiger partial charge in [-0.3, -0.25) is 0 Å². The fourth-order valence-corrected chi connectivity index (χ4v) is 2.93. The van der Waals surface area contributed by atoms with Crippen molar-refractivity contribution < 1.29 is 16.8 Å². The van der Waals surface area contributed by atoms with Gasteiger partial charge in [-0.2, -0.15) is 0 Å². The molecule has 0 aromatic carbocycles. The summed E-state index contributed by atoms with van der Waals surface area (Å²) < 4.78 is 42.4. The van der Waals surface area contributed by atoms with E-state index in [1.165, 1.54) is 12.2 Å². The summed E-state index contributed by atoms with van der Waals surface area (Å²) in [7, 11) is -5.32. The molecule has 0 bridgehead atoms. The van der Waals surface area contributed by atoms with E-state index in [1.54, 1.807) is 0 Å². The van der Waals surface area contributed by atoms with Gasteiger partial charge in [-0.15, -0.1) is 12.6 Å². The molecule has 7 heteroatoms. The average Bonchev–Trinajstić information content (AvgIpc) is 2.03. The second-order valence-electron chi connectivity index (χ2n) is 2.54. The first-order valence-electron chi connectivity index (χ1n) is 3.40. The van der Waals surface area contributed by atoms with Gasteiger partial charge in [0.05, 0.1) is 5.25 Å². The summed E-state index contributed by atoms with van der Waals surface area (Å²) >= 11 is 3.92. The zero-order valence-corrected chi connectivity index (χ0v) is 9.10. The van der Waals surface area contributed by atoms with Crippen molar-refractivity contribution in [1.82, 2.24) is 0 Å². The van der Waals surface area contributed by atoms with Crippen molar-refractivity contribution in [3.8, 4) is 0 Å². The fourth-order valence-electron chi connectivity index (χ4n) is 1.01. The number of rotatable bonds is 2. The predicted molar refractivity (Wildman–Crippen MR) is 54.2 cm³/mol. The largest absolute Gasteiger partial charge is 0.231 e. The molecule has 1 atom stereocenters. The van der Waals surface area contributed by atoms with Crippen LogP contribution in [-0.2, 0) is 21.4 Å². The summed E-state index contributed by atoms with van der Waals surface area (Å²) in [6.07, 6.45) is 2.82. The van der Waals surface area contributed by atoms with E-state index < -0.39 is 26.7 Å². The Balaban J connectivity index is 3.03. The molecule has 1 aliphatic rings. The standard InChI is InChI=1S/C6H8O4S3/c7-12(8)5-1-4(11)2-6(3-5)13(9)10/h1-2,5,11-13H,3H2. The van der Waals surface area contributed by atoms with Crippen LogP contribution in [0.2, 0.25) is 0 Å². The third-order valence-electron chi connectivity index (χ3n) is 1.60. The highest BCUT2D eigenvalue weighted by molar-refractivity contribution is 7.85. The van der Waals surface area contributed by atoms with Gasteiger partial charge in [0.1, 0.15) is 10.7 Å². The molecule has 0 aromatic rings. The van der Waals surface area contributed by atoms with E-state index in [9.17, 15) is 16.8 Å². The Labute approximate surface area is 84.6 Å². The Bertz CT molecular complexity index is 398. The van der Waals surface area contributed by atoms with Crippen molar-refractivity contribution in [3.63, 3.8) is 0 Å². The fraction of sp³-hybridized carbons (Fsp3) is 0.333. The molecule has 1 aliphatic carbocycles. The zero-order valence-electron chi connectivity index (χ0n) is 6.41. The third-order valence-corrected chi connectivity index (χ3v) is 3.53. The van der Waals surface area contributed by atoms with Crippen molar-refractivity contribution >= 4 is 34.0 Å². The molecule has 74 valence electrons. The average molecular weight is 240 g/mol. The Morgan fingerprint density at radius 3 is 2.38 bits per heavy atom. The van der Waals surface area contributed by atoms with Crippen LogP contribution in [0, 0.1) is 0 Å². The number of thiol groups is 3. The number of hydrogen-bond donors (Lipinski definition) is 3. The van der Waals surface area contributed by atoms with Crippen molar-refractivity contribution in [1.29, 1.82) is 0 Å². The first-order valence-corrected chi connectivity index (χ1v) is 6.27. The molecule has 0 aromatic heterocycles. The number of hydrogen-bond acceptors (Lipinski definition) is 5. The monoisotopic (exact) mass is 240 g/mol.